The van der Waals surface area contributed by atoms with Gasteiger partial charge in [-0.05, 0) is 18.9 Å². The molecule has 0 aromatic rings. The van der Waals surface area contributed by atoms with Crippen molar-refractivity contribution in [3.05, 3.63) is 0 Å². The molecule has 6 nitrogen and oxygen atoms in total. The van der Waals surface area contributed by atoms with Gasteiger partial charge < -0.3 is 15.4 Å². The molecular formula is C10H20N2O4S. The van der Waals surface area contributed by atoms with E-state index in [1.165, 1.54) is 0 Å². The Bertz CT molecular complexity index is 342. The number of sulfone groups is 1. The van der Waals surface area contributed by atoms with Gasteiger partial charge in [-0.2, -0.15) is 0 Å². The van der Waals surface area contributed by atoms with Gasteiger partial charge in [0, 0.05) is 13.7 Å². The van der Waals surface area contributed by atoms with Gasteiger partial charge >= 0.3 is 0 Å². The molecule has 1 amide bonds. The van der Waals surface area contributed by atoms with Crippen molar-refractivity contribution in [2.75, 3.05) is 44.9 Å². The Hall–Kier alpha value is -0.660. The normalized spacial score (nSPS) is 22.5. The minimum Gasteiger partial charge on any atom is -0.383 e. The highest BCUT2D eigenvalue weighted by molar-refractivity contribution is 7.91. The summed E-state index contributed by atoms with van der Waals surface area (Å²) in [7, 11) is -1.25. The molecule has 0 radical (unpaired) electrons. The monoisotopic (exact) mass is 264 g/mol. The van der Waals surface area contributed by atoms with E-state index in [0.29, 0.717) is 26.1 Å². The molecule has 1 heterocycles. The smallest absolute Gasteiger partial charge is 0.234 e. The predicted octanol–water partition coefficient (Wildman–Crippen LogP) is -1.23. The number of amides is 1. The summed E-state index contributed by atoms with van der Waals surface area (Å²) in [5.74, 6) is 0.569. The first kappa shape index (κ1) is 14.4. The molecule has 17 heavy (non-hydrogen) atoms. The maximum absolute atomic E-state index is 11.3. The van der Waals surface area contributed by atoms with Crippen LogP contribution in [0.1, 0.15) is 6.42 Å². The molecule has 0 bridgehead atoms. The zero-order valence-corrected chi connectivity index (χ0v) is 10.9. The summed E-state index contributed by atoms with van der Waals surface area (Å²) < 4.78 is 27.2. The number of hydrogen-bond acceptors (Lipinski definition) is 5. The number of ether oxygens (including phenoxy) is 1. The second-order valence-electron chi connectivity index (χ2n) is 4.24. The number of carbonyl (C=O) groups is 1. The van der Waals surface area contributed by atoms with Crippen LogP contribution in [0.4, 0.5) is 0 Å². The van der Waals surface area contributed by atoms with Gasteiger partial charge in [0.25, 0.3) is 0 Å². The van der Waals surface area contributed by atoms with Crippen molar-refractivity contribution in [3.63, 3.8) is 0 Å². The van der Waals surface area contributed by atoms with Crippen LogP contribution in [0.25, 0.3) is 0 Å². The van der Waals surface area contributed by atoms with E-state index >= 15 is 0 Å². The summed E-state index contributed by atoms with van der Waals surface area (Å²) in [6.45, 7) is 1.79. The lowest BCUT2D eigenvalue weighted by molar-refractivity contribution is -0.120. The van der Waals surface area contributed by atoms with Gasteiger partial charge in [0.05, 0.1) is 24.7 Å². The van der Waals surface area contributed by atoms with Crippen molar-refractivity contribution in [1.29, 1.82) is 0 Å². The SMILES string of the molecule is COCCNC(=O)CNCC1CCS(=O)(=O)C1. The van der Waals surface area contributed by atoms with Crippen LogP contribution >= 0.6 is 0 Å². The average molecular weight is 264 g/mol. The van der Waals surface area contributed by atoms with E-state index in [1.807, 2.05) is 0 Å². The molecular weight excluding hydrogens is 244 g/mol. The summed E-state index contributed by atoms with van der Waals surface area (Å²) in [6, 6.07) is 0. The molecule has 0 aliphatic carbocycles. The van der Waals surface area contributed by atoms with Gasteiger partial charge in [-0.15, -0.1) is 0 Å². The quantitative estimate of drug-likeness (QED) is 0.563. The number of rotatable bonds is 7. The zero-order valence-electron chi connectivity index (χ0n) is 10.1. The van der Waals surface area contributed by atoms with E-state index in [4.69, 9.17) is 4.74 Å². The lowest BCUT2D eigenvalue weighted by Gasteiger charge is -2.09. The van der Waals surface area contributed by atoms with E-state index < -0.39 is 9.84 Å². The van der Waals surface area contributed by atoms with Crippen LogP contribution in [0, 0.1) is 5.92 Å². The second kappa shape index (κ2) is 6.93. The minimum atomic E-state index is -2.82. The van der Waals surface area contributed by atoms with Gasteiger partial charge in [0.15, 0.2) is 9.84 Å². The molecule has 1 atom stereocenters. The van der Waals surface area contributed by atoms with E-state index in [2.05, 4.69) is 10.6 Å². The van der Waals surface area contributed by atoms with Crippen LogP contribution in [-0.2, 0) is 19.4 Å². The summed E-state index contributed by atoms with van der Waals surface area (Å²) >= 11 is 0. The summed E-state index contributed by atoms with van der Waals surface area (Å²) in [4.78, 5) is 11.3. The minimum absolute atomic E-state index is 0.0945. The van der Waals surface area contributed by atoms with Crippen molar-refractivity contribution in [2.45, 2.75) is 6.42 Å². The molecule has 0 saturated carbocycles. The van der Waals surface area contributed by atoms with Crippen molar-refractivity contribution in [1.82, 2.24) is 10.6 Å². The first-order chi connectivity index (χ1) is 8.03. The first-order valence-electron chi connectivity index (χ1n) is 5.70. The van der Waals surface area contributed by atoms with E-state index in [1.54, 1.807) is 7.11 Å². The molecule has 1 aliphatic heterocycles. The van der Waals surface area contributed by atoms with E-state index in [-0.39, 0.29) is 29.9 Å². The van der Waals surface area contributed by atoms with Crippen LogP contribution in [-0.4, -0.2) is 59.2 Å². The summed E-state index contributed by atoms with van der Waals surface area (Å²) in [5.41, 5.74) is 0. The lowest BCUT2D eigenvalue weighted by Crippen LogP contribution is -2.37. The Balaban J connectivity index is 2.06. The Kier molecular flexibility index (Phi) is 5.87. The highest BCUT2D eigenvalue weighted by atomic mass is 32.2. The topological polar surface area (TPSA) is 84.5 Å². The third-order valence-corrected chi connectivity index (χ3v) is 4.51. The number of nitrogens with one attached hydrogen (secondary N) is 2. The van der Waals surface area contributed by atoms with Crippen molar-refractivity contribution in [3.8, 4) is 0 Å². The predicted molar refractivity (Wildman–Crippen MR) is 64.5 cm³/mol. The molecule has 1 aliphatic rings. The Labute approximate surface area is 102 Å². The molecule has 1 rings (SSSR count). The molecule has 1 unspecified atom stereocenters. The van der Waals surface area contributed by atoms with Crippen LogP contribution in [0.15, 0.2) is 0 Å². The highest BCUT2D eigenvalue weighted by Crippen LogP contribution is 2.16. The first-order valence-corrected chi connectivity index (χ1v) is 7.52. The molecule has 100 valence electrons. The fraction of sp³-hybridized carbons (Fsp3) is 0.900. The summed E-state index contributed by atoms with van der Waals surface area (Å²) in [6.07, 6.45) is 0.695. The fourth-order valence-electron chi connectivity index (χ4n) is 1.78. The molecule has 1 fully saturated rings. The van der Waals surface area contributed by atoms with Gasteiger partial charge in [-0.1, -0.05) is 0 Å². The lowest BCUT2D eigenvalue weighted by atomic mass is 10.1. The second-order valence-corrected chi connectivity index (χ2v) is 6.47. The van der Waals surface area contributed by atoms with Crippen LogP contribution in [0.2, 0.25) is 0 Å². The van der Waals surface area contributed by atoms with Gasteiger partial charge in [0.2, 0.25) is 5.91 Å². The Morgan fingerprint density at radius 1 is 1.47 bits per heavy atom. The molecule has 1 saturated heterocycles. The number of hydrogen-bond donors (Lipinski definition) is 2. The van der Waals surface area contributed by atoms with Crippen molar-refractivity contribution < 1.29 is 17.9 Å². The third-order valence-electron chi connectivity index (χ3n) is 2.67. The van der Waals surface area contributed by atoms with Crippen LogP contribution in [0.5, 0.6) is 0 Å². The molecule has 2 N–H and O–H groups in total. The molecule has 0 spiro atoms. The van der Waals surface area contributed by atoms with Gasteiger partial charge in [0.1, 0.15) is 0 Å². The number of methoxy groups -OCH3 is 1. The van der Waals surface area contributed by atoms with Crippen molar-refractivity contribution >= 4 is 15.7 Å². The zero-order chi connectivity index (χ0) is 12.7. The van der Waals surface area contributed by atoms with Crippen molar-refractivity contribution in [2.24, 2.45) is 5.92 Å². The standard InChI is InChI=1S/C10H20N2O4S/c1-16-4-3-12-10(13)7-11-6-9-2-5-17(14,15)8-9/h9,11H,2-8H2,1H3,(H,12,13). The summed E-state index contributed by atoms with van der Waals surface area (Å²) in [5, 5.41) is 5.66. The maximum Gasteiger partial charge on any atom is 0.234 e. The van der Waals surface area contributed by atoms with Gasteiger partial charge in [-0.25, -0.2) is 8.42 Å². The molecule has 7 heteroatoms. The fourth-order valence-corrected chi connectivity index (χ4v) is 3.64. The van der Waals surface area contributed by atoms with Crippen LogP contribution < -0.4 is 10.6 Å². The van der Waals surface area contributed by atoms with Crippen LogP contribution in [0.3, 0.4) is 0 Å². The third kappa shape index (κ3) is 5.99. The largest absolute Gasteiger partial charge is 0.383 e. The Morgan fingerprint density at radius 3 is 2.82 bits per heavy atom. The molecule has 0 aromatic carbocycles. The van der Waals surface area contributed by atoms with E-state index in [0.717, 1.165) is 0 Å². The molecule has 0 aromatic heterocycles. The Morgan fingerprint density at radius 2 is 2.24 bits per heavy atom. The maximum atomic E-state index is 11.3. The number of carbonyl (C=O) groups excluding carboxylic acids is 1. The van der Waals surface area contributed by atoms with E-state index in [9.17, 15) is 13.2 Å². The van der Waals surface area contributed by atoms with Gasteiger partial charge in [-0.3, -0.25) is 4.79 Å². The average Bonchev–Trinajstić information content (AvgIpc) is 2.59. The highest BCUT2D eigenvalue weighted by Gasteiger charge is 2.27.